The largest absolute Gasteiger partial charge is 0.673 e. The lowest BCUT2D eigenvalue weighted by molar-refractivity contribution is 0.366. The summed E-state index contributed by atoms with van der Waals surface area (Å²) in [5, 5.41) is 1.58. The standard InChI is InChI=1S/3C4H11P.3BF4/c3*1-4(2,3)5;3*2-1(3,4)5/h3*5H2,1-3H3;;;/q;;;3*-1/p+3. The summed E-state index contributed by atoms with van der Waals surface area (Å²) in [7, 11) is -12.0. The molecule has 0 aromatic carbocycles. The van der Waals surface area contributed by atoms with E-state index in [9.17, 15) is 51.8 Å². The van der Waals surface area contributed by atoms with Crippen LogP contribution in [-0.2, 0) is 0 Å². The molecule has 0 saturated carbocycles. The molecular formula is C12H36B3F12P3. The summed E-state index contributed by atoms with van der Waals surface area (Å²) in [6.45, 7) is 19.8. The van der Waals surface area contributed by atoms with E-state index in [1.807, 2.05) is 27.7 Å². The van der Waals surface area contributed by atoms with Crippen molar-refractivity contribution in [3.8, 4) is 0 Å². The number of halogens is 12. The predicted molar refractivity (Wildman–Crippen MR) is 123 cm³/mol. The Morgan fingerprint density at radius 3 is 0.333 bits per heavy atom. The van der Waals surface area contributed by atoms with Crippen LogP contribution in [0.2, 0.25) is 0 Å². The lowest BCUT2D eigenvalue weighted by Crippen LogP contribution is -2.02. The molecule has 0 nitrogen and oxygen atoms in total. The molecule has 192 valence electrons. The Morgan fingerprint density at radius 1 is 0.333 bits per heavy atom. The van der Waals surface area contributed by atoms with Crippen LogP contribution < -0.4 is 0 Å². The van der Waals surface area contributed by atoms with E-state index < -0.39 is 21.8 Å². The zero-order valence-corrected chi connectivity index (χ0v) is 23.1. The second-order valence-corrected chi connectivity index (χ2v) is 15.5. The van der Waals surface area contributed by atoms with Gasteiger partial charge in [-0.15, -0.1) is 0 Å². The predicted octanol–water partition coefficient (Wildman–Crippen LogP) is 8.08. The first kappa shape index (κ1) is 44.3. The Kier molecular flexibility index (Phi) is 26.8. The van der Waals surface area contributed by atoms with Gasteiger partial charge in [-0.05, 0) is 90.0 Å². The van der Waals surface area contributed by atoms with E-state index in [0.29, 0.717) is 15.5 Å². The minimum atomic E-state index is -6.00. The van der Waals surface area contributed by atoms with Crippen LogP contribution >= 0.6 is 27.7 Å². The van der Waals surface area contributed by atoms with Gasteiger partial charge in [0, 0.05) is 0 Å². The Hall–Kier alpha value is 0.645. The first-order valence-corrected chi connectivity index (χ1v) is 10.3. The fourth-order valence-electron chi connectivity index (χ4n) is 0. The third-order valence-corrected chi connectivity index (χ3v) is 0. The van der Waals surface area contributed by atoms with Gasteiger partial charge >= 0.3 is 21.8 Å². The average Bonchev–Trinajstić information content (AvgIpc) is 1.94. The van der Waals surface area contributed by atoms with Crippen molar-refractivity contribution >= 4 is 49.5 Å². The van der Waals surface area contributed by atoms with Crippen molar-refractivity contribution in [3.63, 3.8) is 0 Å². The maximum atomic E-state index is 9.75. The second-order valence-electron chi connectivity index (χ2n) is 9.17. The van der Waals surface area contributed by atoms with E-state index in [4.69, 9.17) is 0 Å². The monoisotopic (exact) mass is 534 g/mol. The van der Waals surface area contributed by atoms with Gasteiger partial charge in [0.1, 0.15) is 0 Å². The fourth-order valence-corrected chi connectivity index (χ4v) is 0. The molecule has 0 aliphatic carbocycles. The second kappa shape index (κ2) is 18.1. The topological polar surface area (TPSA) is 0 Å². The van der Waals surface area contributed by atoms with E-state index in [-0.39, 0.29) is 0 Å². The minimum absolute atomic E-state index is 0.528. The van der Waals surface area contributed by atoms with Crippen LogP contribution in [0.1, 0.15) is 62.3 Å². The van der Waals surface area contributed by atoms with Crippen molar-refractivity contribution in [2.75, 3.05) is 0 Å². The van der Waals surface area contributed by atoms with Gasteiger partial charge in [-0.2, -0.15) is 0 Å². The van der Waals surface area contributed by atoms with Crippen molar-refractivity contribution in [2.24, 2.45) is 0 Å². The summed E-state index contributed by atoms with van der Waals surface area (Å²) >= 11 is 0. The van der Waals surface area contributed by atoms with Gasteiger partial charge in [0.25, 0.3) is 0 Å². The number of rotatable bonds is 0. The van der Waals surface area contributed by atoms with Gasteiger partial charge in [-0.1, -0.05) is 0 Å². The molecule has 0 aromatic rings. The van der Waals surface area contributed by atoms with E-state index >= 15 is 0 Å². The van der Waals surface area contributed by atoms with Crippen LogP contribution in [-0.4, -0.2) is 37.2 Å². The molecule has 0 spiro atoms. The van der Waals surface area contributed by atoms with Gasteiger partial charge in [-0.25, -0.2) is 0 Å². The summed E-state index contributed by atoms with van der Waals surface area (Å²) < 4.78 is 117. The molecule has 0 aliphatic rings. The van der Waals surface area contributed by atoms with Crippen molar-refractivity contribution < 1.29 is 51.8 Å². The fraction of sp³-hybridized carbons (Fsp3) is 1.00. The maximum absolute atomic E-state index is 9.75. The Morgan fingerprint density at radius 2 is 0.333 bits per heavy atom. The summed E-state index contributed by atoms with van der Waals surface area (Å²) in [6, 6.07) is 0. The smallest absolute Gasteiger partial charge is 0.418 e. The van der Waals surface area contributed by atoms with Crippen molar-refractivity contribution in [2.45, 2.75) is 77.8 Å². The van der Waals surface area contributed by atoms with Crippen LogP contribution in [0, 0.1) is 0 Å². The maximum Gasteiger partial charge on any atom is 0.673 e. The SMILES string of the molecule is CC(C)(C)[PH3+].CC(C)(C)[PH3+].CC(C)(C)[PH3+].F[B-](F)(F)F.F[B-](F)(F)F.F[B-](F)(F)F. The molecule has 0 radical (unpaired) electrons. The van der Waals surface area contributed by atoms with Crippen molar-refractivity contribution in [1.29, 1.82) is 0 Å². The highest BCUT2D eigenvalue weighted by Gasteiger charge is 2.21. The molecule has 3 unspecified atom stereocenters. The van der Waals surface area contributed by atoms with Crippen molar-refractivity contribution in [3.05, 3.63) is 0 Å². The van der Waals surface area contributed by atoms with E-state index in [0.717, 1.165) is 0 Å². The average molecular weight is 534 g/mol. The van der Waals surface area contributed by atoms with E-state index in [1.165, 1.54) is 0 Å². The van der Waals surface area contributed by atoms with Crippen LogP contribution in [0.15, 0.2) is 0 Å². The van der Waals surface area contributed by atoms with E-state index in [1.54, 1.807) is 0 Å². The molecule has 0 rings (SSSR count). The normalized spacial score (nSPS) is 12.3. The third-order valence-electron chi connectivity index (χ3n) is 0. The molecule has 0 saturated heterocycles. The zero-order chi connectivity index (χ0) is 27.0. The molecule has 0 bridgehead atoms. The molecule has 0 heterocycles. The lowest BCUT2D eigenvalue weighted by Gasteiger charge is -1.98. The summed E-state index contributed by atoms with van der Waals surface area (Å²) in [5.74, 6) is 0. The first-order valence-electron chi connectivity index (χ1n) is 8.18. The van der Waals surface area contributed by atoms with Crippen LogP contribution in [0.4, 0.5) is 51.8 Å². The summed E-state index contributed by atoms with van der Waals surface area (Å²) in [5.41, 5.74) is 0. The van der Waals surface area contributed by atoms with Gasteiger partial charge in [0.2, 0.25) is 0 Å². The molecule has 0 aromatic heterocycles. The van der Waals surface area contributed by atoms with Gasteiger partial charge in [-0.3, -0.25) is 0 Å². The van der Waals surface area contributed by atoms with Crippen LogP contribution in [0.25, 0.3) is 0 Å². The van der Waals surface area contributed by atoms with Crippen LogP contribution in [0.5, 0.6) is 0 Å². The molecule has 0 amide bonds. The molecular weight excluding hydrogens is 497 g/mol. The van der Waals surface area contributed by atoms with Gasteiger partial charge in [0.05, 0.1) is 15.5 Å². The molecule has 18 heteroatoms. The van der Waals surface area contributed by atoms with E-state index in [2.05, 4.69) is 62.3 Å². The molecule has 3 atom stereocenters. The number of hydrogen-bond acceptors (Lipinski definition) is 0. The van der Waals surface area contributed by atoms with Gasteiger partial charge < -0.3 is 51.8 Å². The minimum Gasteiger partial charge on any atom is -0.418 e. The summed E-state index contributed by atoms with van der Waals surface area (Å²) in [6.07, 6.45) is 0. The first-order chi connectivity index (χ1) is 12.0. The number of hydrogen-bond donors (Lipinski definition) is 0. The molecule has 0 N–H and O–H groups in total. The summed E-state index contributed by atoms with van der Waals surface area (Å²) in [4.78, 5) is 0. The third kappa shape index (κ3) is 52700. The Bertz CT molecular complexity index is 238. The van der Waals surface area contributed by atoms with Crippen molar-refractivity contribution in [1.82, 2.24) is 0 Å². The Balaban J connectivity index is -0.0000000576. The lowest BCUT2D eigenvalue weighted by atomic mass is 10.3. The quantitative estimate of drug-likeness (QED) is 0.168. The Labute approximate surface area is 179 Å². The van der Waals surface area contributed by atoms with Crippen LogP contribution in [0.3, 0.4) is 0 Å². The molecule has 0 aliphatic heterocycles. The molecule has 30 heavy (non-hydrogen) atoms. The van der Waals surface area contributed by atoms with Gasteiger partial charge in [0.15, 0.2) is 0 Å². The highest BCUT2D eigenvalue weighted by molar-refractivity contribution is 7.19. The zero-order valence-electron chi connectivity index (χ0n) is 18.9. The highest BCUT2D eigenvalue weighted by Crippen LogP contribution is 2.13. The molecule has 0 fully saturated rings. The highest BCUT2D eigenvalue weighted by atomic mass is 31.0.